The molecule has 0 fully saturated rings. The van der Waals surface area contributed by atoms with Crippen molar-refractivity contribution < 1.29 is 27.9 Å². The van der Waals surface area contributed by atoms with Crippen molar-refractivity contribution >= 4 is 28.5 Å². The number of hydrogen-bond acceptors (Lipinski definition) is 6. The lowest BCUT2D eigenvalue weighted by Gasteiger charge is -2.13. The van der Waals surface area contributed by atoms with Crippen molar-refractivity contribution in [2.75, 3.05) is 18.5 Å². The number of esters is 1. The molecule has 2 heterocycles. The Morgan fingerprint density at radius 3 is 2.62 bits per heavy atom. The van der Waals surface area contributed by atoms with Crippen LogP contribution in [0.4, 0.5) is 10.1 Å². The first-order valence-corrected chi connectivity index (χ1v) is 9.87. The van der Waals surface area contributed by atoms with E-state index in [2.05, 4.69) is 10.3 Å². The van der Waals surface area contributed by atoms with Crippen LogP contribution in [0.15, 0.2) is 71.3 Å². The van der Waals surface area contributed by atoms with E-state index in [-0.39, 0.29) is 24.8 Å². The molecule has 1 N–H and O–H groups in total. The Labute approximate surface area is 182 Å². The van der Waals surface area contributed by atoms with E-state index in [1.165, 1.54) is 18.4 Å². The number of ether oxygens (including phenoxy) is 2. The van der Waals surface area contributed by atoms with Gasteiger partial charge in [-0.15, -0.1) is 0 Å². The summed E-state index contributed by atoms with van der Waals surface area (Å²) in [5.41, 5.74) is 2.30. The Kier molecular flexibility index (Phi) is 6.12. The minimum atomic E-state index is -0.511. The molecule has 0 aliphatic carbocycles. The number of fused-ring (bicyclic) bond motifs is 1. The maximum Gasteiger partial charge on any atom is 0.344 e. The molecule has 2 aromatic carbocycles. The predicted molar refractivity (Wildman–Crippen MR) is 116 cm³/mol. The van der Waals surface area contributed by atoms with Crippen LogP contribution in [0, 0.1) is 5.82 Å². The number of anilines is 1. The van der Waals surface area contributed by atoms with E-state index in [1.54, 1.807) is 55.5 Å². The van der Waals surface area contributed by atoms with Gasteiger partial charge in [0, 0.05) is 22.7 Å². The Morgan fingerprint density at radius 1 is 1.09 bits per heavy atom. The summed E-state index contributed by atoms with van der Waals surface area (Å²) < 4.78 is 29.1. The standard InChI is InChI=1S/C24H19FN2O5/c1-2-30-23(28)14-32-22-13-20(15-5-7-16(25)8-6-15)27-19-10-9-17(12-18(19)22)26-24(29)21-4-3-11-31-21/h3-13H,2,14H2,1H3,(H,26,29). The fourth-order valence-electron chi connectivity index (χ4n) is 3.10. The molecule has 2 aromatic heterocycles. The van der Waals surface area contributed by atoms with E-state index >= 15 is 0 Å². The summed E-state index contributed by atoms with van der Waals surface area (Å²) in [6.07, 6.45) is 1.41. The molecule has 0 saturated heterocycles. The molecule has 0 saturated carbocycles. The first-order valence-electron chi connectivity index (χ1n) is 9.87. The number of hydrogen-bond donors (Lipinski definition) is 1. The fraction of sp³-hybridized carbons (Fsp3) is 0.125. The van der Waals surface area contributed by atoms with E-state index < -0.39 is 11.9 Å². The molecule has 8 heteroatoms. The van der Waals surface area contributed by atoms with Crippen LogP contribution in [0.25, 0.3) is 22.2 Å². The van der Waals surface area contributed by atoms with E-state index in [0.29, 0.717) is 33.6 Å². The second kappa shape index (κ2) is 9.30. The summed E-state index contributed by atoms with van der Waals surface area (Å²) in [5, 5.41) is 3.33. The number of amides is 1. The molecule has 0 bridgehead atoms. The van der Waals surface area contributed by atoms with Crippen molar-refractivity contribution in [2.45, 2.75) is 6.92 Å². The Hall–Kier alpha value is -4.20. The minimum absolute atomic E-state index is 0.175. The van der Waals surface area contributed by atoms with E-state index in [0.717, 1.165) is 0 Å². The number of pyridine rings is 1. The number of aromatic nitrogens is 1. The summed E-state index contributed by atoms with van der Waals surface area (Å²) in [7, 11) is 0. The minimum Gasteiger partial charge on any atom is -0.481 e. The zero-order chi connectivity index (χ0) is 22.5. The maximum absolute atomic E-state index is 13.3. The molecule has 32 heavy (non-hydrogen) atoms. The van der Waals surface area contributed by atoms with Gasteiger partial charge in [-0.25, -0.2) is 14.2 Å². The third-order valence-corrected chi connectivity index (χ3v) is 4.56. The molecule has 0 unspecified atom stereocenters. The van der Waals surface area contributed by atoms with Gasteiger partial charge in [-0.05, 0) is 61.5 Å². The van der Waals surface area contributed by atoms with Crippen molar-refractivity contribution in [3.63, 3.8) is 0 Å². The van der Waals surface area contributed by atoms with Crippen LogP contribution < -0.4 is 10.1 Å². The van der Waals surface area contributed by atoms with E-state index in [9.17, 15) is 14.0 Å². The Morgan fingerprint density at radius 2 is 1.91 bits per heavy atom. The van der Waals surface area contributed by atoms with Crippen LogP contribution in [0.5, 0.6) is 5.75 Å². The molecular weight excluding hydrogens is 415 g/mol. The average Bonchev–Trinajstić information content (AvgIpc) is 3.33. The van der Waals surface area contributed by atoms with Crippen molar-refractivity contribution in [2.24, 2.45) is 0 Å². The van der Waals surface area contributed by atoms with Gasteiger partial charge in [-0.2, -0.15) is 0 Å². The summed E-state index contributed by atoms with van der Waals surface area (Å²) in [4.78, 5) is 28.7. The Balaban J connectivity index is 1.71. The lowest BCUT2D eigenvalue weighted by Crippen LogP contribution is -2.15. The number of benzene rings is 2. The molecule has 0 aliphatic rings. The van der Waals surface area contributed by atoms with Crippen LogP contribution in [0.1, 0.15) is 17.5 Å². The van der Waals surface area contributed by atoms with Crippen LogP contribution in [-0.4, -0.2) is 30.1 Å². The normalized spacial score (nSPS) is 10.7. The second-order valence-corrected chi connectivity index (χ2v) is 6.77. The predicted octanol–water partition coefficient (Wildman–Crippen LogP) is 4.83. The number of nitrogens with one attached hydrogen (secondary N) is 1. The smallest absolute Gasteiger partial charge is 0.344 e. The van der Waals surface area contributed by atoms with Crippen LogP contribution in [-0.2, 0) is 9.53 Å². The van der Waals surface area contributed by atoms with Gasteiger partial charge >= 0.3 is 5.97 Å². The van der Waals surface area contributed by atoms with Gasteiger partial charge < -0.3 is 19.2 Å². The molecule has 162 valence electrons. The quantitative estimate of drug-likeness (QED) is 0.419. The highest BCUT2D eigenvalue weighted by atomic mass is 19.1. The van der Waals surface area contributed by atoms with Gasteiger partial charge in [0.1, 0.15) is 11.6 Å². The van der Waals surface area contributed by atoms with Crippen molar-refractivity contribution in [3.8, 4) is 17.0 Å². The van der Waals surface area contributed by atoms with Gasteiger partial charge in [-0.1, -0.05) is 0 Å². The summed E-state index contributed by atoms with van der Waals surface area (Å²) >= 11 is 0. The van der Waals surface area contributed by atoms with Crippen molar-refractivity contribution in [3.05, 3.63) is 78.5 Å². The summed E-state index contributed by atoms with van der Waals surface area (Å²) in [6, 6.07) is 15.8. The molecule has 4 aromatic rings. The Bertz CT molecular complexity index is 1250. The lowest BCUT2D eigenvalue weighted by molar-refractivity contribution is -0.145. The highest BCUT2D eigenvalue weighted by Gasteiger charge is 2.14. The first-order chi connectivity index (χ1) is 15.5. The summed E-state index contributed by atoms with van der Waals surface area (Å²) in [6.45, 7) is 1.65. The van der Waals surface area contributed by atoms with Crippen molar-refractivity contribution in [1.29, 1.82) is 0 Å². The van der Waals surface area contributed by atoms with Crippen molar-refractivity contribution in [1.82, 2.24) is 4.98 Å². The molecule has 7 nitrogen and oxygen atoms in total. The highest BCUT2D eigenvalue weighted by molar-refractivity contribution is 6.03. The van der Waals surface area contributed by atoms with Gasteiger partial charge in [0.05, 0.1) is 24.1 Å². The maximum atomic E-state index is 13.3. The fourth-order valence-corrected chi connectivity index (χ4v) is 3.10. The number of rotatable bonds is 7. The van der Waals surface area contributed by atoms with Crippen LogP contribution in [0.3, 0.4) is 0 Å². The molecule has 0 atom stereocenters. The van der Waals surface area contributed by atoms with E-state index in [1.807, 2.05) is 0 Å². The number of nitrogens with zero attached hydrogens (tertiary/aromatic N) is 1. The zero-order valence-electron chi connectivity index (χ0n) is 17.1. The number of carbonyl (C=O) groups excluding carboxylic acids is 2. The van der Waals surface area contributed by atoms with Crippen LogP contribution >= 0.6 is 0 Å². The highest BCUT2D eigenvalue weighted by Crippen LogP contribution is 2.32. The SMILES string of the molecule is CCOC(=O)COc1cc(-c2ccc(F)cc2)nc2ccc(NC(=O)c3ccco3)cc12. The number of furan rings is 1. The third-order valence-electron chi connectivity index (χ3n) is 4.56. The largest absolute Gasteiger partial charge is 0.481 e. The van der Waals surface area contributed by atoms with Gasteiger partial charge in [0.15, 0.2) is 12.4 Å². The van der Waals surface area contributed by atoms with Gasteiger partial charge in [-0.3, -0.25) is 4.79 Å². The zero-order valence-corrected chi connectivity index (χ0v) is 17.1. The van der Waals surface area contributed by atoms with Crippen LogP contribution in [0.2, 0.25) is 0 Å². The first kappa shape index (κ1) is 21.0. The molecule has 0 spiro atoms. The number of halogens is 1. The molecule has 0 radical (unpaired) electrons. The third kappa shape index (κ3) is 4.75. The molecule has 1 amide bonds. The second-order valence-electron chi connectivity index (χ2n) is 6.77. The van der Waals surface area contributed by atoms with Gasteiger partial charge in [0.25, 0.3) is 5.91 Å². The summed E-state index contributed by atoms with van der Waals surface area (Å²) in [5.74, 6) is -0.724. The molecule has 0 aliphatic heterocycles. The average molecular weight is 434 g/mol. The monoisotopic (exact) mass is 434 g/mol. The number of carbonyl (C=O) groups is 2. The molecule has 4 rings (SSSR count). The van der Waals surface area contributed by atoms with E-state index in [4.69, 9.17) is 13.9 Å². The molecular formula is C24H19FN2O5. The lowest BCUT2D eigenvalue weighted by atomic mass is 10.1. The topological polar surface area (TPSA) is 90.7 Å². The van der Waals surface area contributed by atoms with Gasteiger partial charge in [0.2, 0.25) is 0 Å².